The Morgan fingerprint density at radius 1 is 1.13 bits per heavy atom. The lowest BCUT2D eigenvalue weighted by Crippen LogP contribution is -2.27. The minimum Gasteiger partial charge on any atom is -0.486 e. The lowest BCUT2D eigenvalue weighted by atomic mass is 10.2. The molecule has 0 spiro atoms. The van der Waals surface area contributed by atoms with Crippen LogP contribution < -0.4 is 14.2 Å². The molecule has 0 amide bonds. The van der Waals surface area contributed by atoms with Gasteiger partial charge in [-0.2, -0.15) is 13.2 Å². The molecular weight excluding hydrogens is 449 g/mol. The molecule has 1 N–H and O–H groups in total. The van der Waals surface area contributed by atoms with Crippen molar-refractivity contribution in [3.05, 3.63) is 46.9 Å². The van der Waals surface area contributed by atoms with Crippen molar-refractivity contribution in [3.8, 4) is 11.5 Å². The molecule has 3 aromatic rings. The van der Waals surface area contributed by atoms with Crippen LogP contribution in [0.1, 0.15) is 11.4 Å². The molecule has 1 aliphatic heterocycles. The van der Waals surface area contributed by atoms with Gasteiger partial charge in [0.15, 0.2) is 17.1 Å². The number of benzene rings is 1. The van der Waals surface area contributed by atoms with E-state index in [1.165, 1.54) is 24.4 Å². The van der Waals surface area contributed by atoms with Gasteiger partial charge in [0.1, 0.15) is 24.6 Å². The number of fused-ring (bicyclic) bond motifs is 2. The summed E-state index contributed by atoms with van der Waals surface area (Å²) in [6, 6.07) is 4.98. The minimum absolute atomic E-state index is 0.0113. The zero-order chi connectivity index (χ0) is 21.5. The number of ether oxygens (including phenoxy) is 2. The van der Waals surface area contributed by atoms with Gasteiger partial charge in [0.05, 0.1) is 9.92 Å². The van der Waals surface area contributed by atoms with E-state index in [1.807, 2.05) is 0 Å². The number of nitrogens with one attached hydrogen (secondary N) is 1. The Kier molecular flexibility index (Phi) is 5.24. The highest BCUT2D eigenvalue weighted by Crippen LogP contribution is 2.34. The van der Waals surface area contributed by atoms with Crippen LogP contribution in [0, 0.1) is 0 Å². The third-order valence-electron chi connectivity index (χ3n) is 4.31. The molecule has 13 heteroatoms. The lowest BCUT2D eigenvalue weighted by molar-refractivity contribution is -0.136. The summed E-state index contributed by atoms with van der Waals surface area (Å²) >= 11 is 5.79. The molecule has 0 fully saturated rings. The third-order valence-corrected chi connectivity index (χ3v) is 5.98. The van der Waals surface area contributed by atoms with Crippen LogP contribution in [-0.4, -0.2) is 42.8 Å². The summed E-state index contributed by atoms with van der Waals surface area (Å²) < 4.78 is 78.8. The first kappa shape index (κ1) is 20.7. The quantitative estimate of drug-likeness (QED) is 0.626. The molecule has 0 saturated carbocycles. The number of halogens is 4. The summed E-state index contributed by atoms with van der Waals surface area (Å²) in [5.74, 6) is 0.900. The van der Waals surface area contributed by atoms with Crippen LogP contribution in [-0.2, 0) is 22.6 Å². The van der Waals surface area contributed by atoms with E-state index in [0.29, 0.717) is 24.7 Å². The average molecular weight is 463 g/mol. The fourth-order valence-corrected chi connectivity index (χ4v) is 4.21. The molecule has 0 saturated heterocycles. The van der Waals surface area contributed by atoms with E-state index in [9.17, 15) is 21.6 Å². The maximum Gasteiger partial charge on any atom is 0.420 e. The molecule has 8 nitrogen and oxygen atoms in total. The number of sulfonamides is 1. The first-order valence-electron chi connectivity index (χ1n) is 8.65. The summed E-state index contributed by atoms with van der Waals surface area (Å²) in [6.45, 7) is 0.571. The Morgan fingerprint density at radius 3 is 2.60 bits per heavy atom. The molecule has 1 aliphatic rings. The monoisotopic (exact) mass is 462 g/mol. The van der Waals surface area contributed by atoms with Gasteiger partial charge in [0, 0.05) is 25.2 Å². The fraction of sp³-hybridized carbons (Fsp3) is 0.294. The van der Waals surface area contributed by atoms with Gasteiger partial charge in [0.2, 0.25) is 10.0 Å². The predicted molar refractivity (Wildman–Crippen MR) is 99.3 cm³/mol. The second-order valence-corrected chi connectivity index (χ2v) is 8.54. The van der Waals surface area contributed by atoms with Gasteiger partial charge in [-0.25, -0.2) is 13.1 Å². The first-order chi connectivity index (χ1) is 14.1. The smallest absolute Gasteiger partial charge is 0.420 e. The van der Waals surface area contributed by atoms with Crippen LogP contribution in [0.15, 0.2) is 35.4 Å². The highest BCUT2D eigenvalue weighted by Gasteiger charge is 2.35. The molecule has 0 bridgehead atoms. The van der Waals surface area contributed by atoms with E-state index in [-0.39, 0.29) is 28.7 Å². The van der Waals surface area contributed by atoms with Crippen molar-refractivity contribution in [1.29, 1.82) is 0 Å². The zero-order valence-electron chi connectivity index (χ0n) is 15.1. The van der Waals surface area contributed by atoms with Gasteiger partial charge in [-0.05, 0) is 18.2 Å². The lowest BCUT2D eigenvalue weighted by Gasteiger charge is -2.18. The van der Waals surface area contributed by atoms with E-state index < -0.39 is 27.4 Å². The van der Waals surface area contributed by atoms with E-state index >= 15 is 0 Å². The van der Waals surface area contributed by atoms with Gasteiger partial charge >= 0.3 is 6.18 Å². The van der Waals surface area contributed by atoms with Crippen molar-refractivity contribution in [2.75, 3.05) is 19.8 Å². The van der Waals surface area contributed by atoms with Crippen LogP contribution in [0.2, 0.25) is 5.02 Å². The number of hydrogen-bond acceptors (Lipinski definition) is 6. The van der Waals surface area contributed by atoms with Crippen LogP contribution in [0.25, 0.3) is 5.65 Å². The summed E-state index contributed by atoms with van der Waals surface area (Å²) in [7, 11) is -3.89. The van der Waals surface area contributed by atoms with E-state index in [4.69, 9.17) is 21.1 Å². The summed E-state index contributed by atoms with van der Waals surface area (Å²) in [5.41, 5.74) is -1.43. The molecular formula is C17H14ClF3N4O4S. The summed E-state index contributed by atoms with van der Waals surface area (Å²) in [5, 5.41) is 7.17. The second-order valence-electron chi connectivity index (χ2n) is 6.33. The second kappa shape index (κ2) is 7.60. The topological polar surface area (TPSA) is 94.8 Å². The largest absolute Gasteiger partial charge is 0.486 e. The maximum absolute atomic E-state index is 13.2. The average Bonchev–Trinajstić information content (AvgIpc) is 3.08. The molecule has 0 radical (unpaired) electrons. The third kappa shape index (κ3) is 4.02. The van der Waals surface area contributed by atoms with Crippen LogP contribution in [0.3, 0.4) is 0 Å². The van der Waals surface area contributed by atoms with Crippen molar-refractivity contribution in [2.24, 2.45) is 0 Å². The van der Waals surface area contributed by atoms with E-state index in [0.717, 1.165) is 10.5 Å². The highest BCUT2D eigenvalue weighted by molar-refractivity contribution is 7.89. The van der Waals surface area contributed by atoms with Gasteiger partial charge < -0.3 is 9.47 Å². The van der Waals surface area contributed by atoms with Gasteiger partial charge in [0.25, 0.3) is 0 Å². The van der Waals surface area contributed by atoms with E-state index in [2.05, 4.69) is 14.9 Å². The molecule has 0 unspecified atom stereocenters. The first-order valence-corrected chi connectivity index (χ1v) is 10.5. The molecule has 1 aromatic carbocycles. The van der Waals surface area contributed by atoms with Gasteiger partial charge in [-0.1, -0.05) is 11.6 Å². The Bertz CT molecular complexity index is 1210. The minimum atomic E-state index is -4.66. The van der Waals surface area contributed by atoms with E-state index in [1.54, 1.807) is 0 Å². The predicted octanol–water partition coefficient (Wildman–Crippen LogP) is 2.69. The van der Waals surface area contributed by atoms with Gasteiger partial charge in [-0.3, -0.25) is 4.40 Å². The van der Waals surface area contributed by atoms with Crippen molar-refractivity contribution >= 4 is 27.3 Å². The number of nitrogens with zero attached hydrogens (tertiary/aromatic N) is 3. The number of hydrogen-bond donors (Lipinski definition) is 1. The van der Waals surface area contributed by atoms with Crippen molar-refractivity contribution in [3.63, 3.8) is 0 Å². The molecule has 0 atom stereocenters. The fourth-order valence-electron chi connectivity index (χ4n) is 2.96. The molecule has 3 heterocycles. The molecule has 0 aliphatic carbocycles. The Balaban J connectivity index is 1.52. The summed E-state index contributed by atoms with van der Waals surface area (Å²) in [4.78, 5) is -0.0275. The molecule has 4 rings (SSSR count). The number of pyridine rings is 1. The van der Waals surface area contributed by atoms with Crippen LogP contribution in [0.5, 0.6) is 11.5 Å². The maximum atomic E-state index is 13.2. The molecule has 2 aromatic heterocycles. The highest BCUT2D eigenvalue weighted by atomic mass is 35.5. The van der Waals surface area contributed by atoms with Crippen LogP contribution in [0.4, 0.5) is 13.2 Å². The molecule has 160 valence electrons. The SMILES string of the molecule is O=S(=O)(NCCc1nnc2c(C(F)(F)F)cc(Cl)cn12)c1ccc2c(c1)OCCO2. The molecule has 30 heavy (non-hydrogen) atoms. The van der Waals surface area contributed by atoms with Crippen LogP contribution >= 0.6 is 11.6 Å². The number of aromatic nitrogens is 3. The Morgan fingerprint density at radius 2 is 1.87 bits per heavy atom. The van der Waals surface area contributed by atoms with Crippen molar-refractivity contribution < 1.29 is 31.1 Å². The number of alkyl halides is 3. The standard InChI is InChI=1S/C17H14ClF3N4O4S/c18-10-7-12(17(19,20)21)16-24-23-15(25(16)9-10)3-4-22-30(26,27)11-1-2-13-14(8-11)29-6-5-28-13/h1-2,7-9,22H,3-6H2. The van der Waals surface area contributed by atoms with Crippen molar-refractivity contribution in [1.82, 2.24) is 19.3 Å². The summed E-state index contributed by atoms with van der Waals surface area (Å²) in [6.07, 6.45) is -3.42. The normalized spacial score (nSPS) is 14.3. The Hall–Kier alpha value is -2.57. The van der Waals surface area contributed by atoms with Crippen molar-refractivity contribution in [2.45, 2.75) is 17.5 Å². The zero-order valence-corrected chi connectivity index (χ0v) is 16.7. The van der Waals surface area contributed by atoms with Gasteiger partial charge in [-0.15, -0.1) is 10.2 Å². The Labute approximate surface area is 173 Å². The number of rotatable bonds is 5.